The maximum Gasteiger partial charge on any atom is 0.226 e. The number of hydrogen-bond donors (Lipinski definition) is 2. The number of aromatic nitrogens is 2. The molecule has 2 N–H and O–H groups in total. The first-order chi connectivity index (χ1) is 9.28. The Bertz CT molecular complexity index is 541. The summed E-state index contributed by atoms with van der Waals surface area (Å²) in [6.07, 6.45) is 1.02. The Morgan fingerprint density at radius 1 is 1.26 bits per heavy atom. The topological polar surface area (TPSA) is 59.1 Å². The minimum Gasteiger partial charge on any atom is -0.383 e. The van der Waals surface area contributed by atoms with E-state index in [0.29, 0.717) is 12.6 Å². The summed E-state index contributed by atoms with van der Waals surface area (Å²) in [7, 11) is 1.70. The third-order valence-corrected chi connectivity index (χ3v) is 3.90. The van der Waals surface area contributed by atoms with Gasteiger partial charge in [0.15, 0.2) is 0 Å². The number of anilines is 2. The minimum absolute atomic E-state index is 0.660. The van der Waals surface area contributed by atoms with Crippen LogP contribution in [0.4, 0.5) is 11.8 Å². The fourth-order valence-corrected chi connectivity index (χ4v) is 2.76. The van der Waals surface area contributed by atoms with Crippen LogP contribution in [-0.2, 0) is 11.2 Å². The van der Waals surface area contributed by atoms with Gasteiger partial charge in [0.1, 0.15) is 10.6 Å². The van der Waals surface area contributed by atoms with Crippen LogP contribution in [0.25, 0.3) is 10.2 Å². The Labute approximate surface area is 117 Å². The molecule has 0 spiro atoms. The van der Waals surface area contributed by atoms with E-state index in [9.17, 15) is 0 Å². The molecule has 19 heavy (non-hydrogen) atoms. The Hall–Kier alpha value is -1.40. The Kier molecular flexibility index (Phi) is 4.93. The smallest absolute Gasteiger partial charge is 0.226 e. The van der Waals surface area contributed by atoms with Gasteiger partial charge in [-0.25, -0.2) is 4.98 Å². The fourth-order valence-electron chi connectivity index (χ4n) is 1.79. The maximum atomic E-state index is 5.06. The maximum absolute atomic E-state index is 5.06. The van der Waals surface area contributed by atoms with Crippen molar-refractivity contribution in [3.05, 3.63) is 10.9 Å². The predicted molar refractivity (Wildman–Crippen MR) is 81.3 cm³/mol. The zero-order valence-corrected chi connectivity index (χ0v) is 12.4. The quantitative estimate of drug-likeness (QED) is 0.764. The summed E-state index contributed by atoms with van der Waals surface area (Å²) in [5.74, 6) is 1.56. The molecule has 0 unspecified atom stereocenters. The number of fused-ring (bicyclic) bond motifs is 1. The zero-order chi connectivity index (χ0) is 13.7. The van der Waals surface area contributed by atoms with Crippen molar-refractivity contribution in [3.63, 3.8) is 0 Å². The van der Waals surface area contributed by atoms with E-state index in [-0.39, 0.29) is 0 Å². The summed E-state index contributed by atoms with van der Waals surface area (Å²) in [6.45, 7) is 6.41. The van der Waals surface area contributed by atoms with Crippen LogP contribution in [0.2, 0.25) is 0 Å². The standard InChI is InChI=1S/C13H20N4OS/c1-4-9-8-10-11(15-6-7-18-3)16-13(14-5-2)17-12(10)19-9/h8H,4-7H2,1-3H3,(H2,14,15,16,17). The second-order valence-electron chi connectivity index (χ2n) is 4.13. The molecule has 2 aromatic heterocycles. The van der Waals surface area contributed by atoms with Crippen LogP contribution in [0.3, 0.4) is 0 Å². The number of methoxy groups -OCH3 is 1. The molecule has 2 aromatic rings. The van der Waals surface area contributed by atoms with Crippen molar-refractivity contribution in [2.24, 2.45) is 0 Å². The van der Waals surface area contributed by atoms with Gasteiger partial charge in [0, 0.05) is 25.1 Å². The molecule has 0 aliphatic carbocycles. The Balaban J connectivity index is 2.35. The average molecular weight is 280 g/mol. The fraction of sp³-hybridized carbons (Fsp3) is 0.538. The molecule has 5 nitrogen and oxygen atoms in total. The summed E-state index contributed by atoms with van der Waals surface area (Å²) in [4.78, 5) is 11.4. The van der Waals surface area contributed by atoms with E-state index >= 15 is 0 Å². The molecular weight excluding hydrogens is 260 g/mol. The number of rotatable bonds is 7. The van der Waals surface area contributed by atoms with Gasteiger partial charge in [-0.15, -0.1) is 11.3 Å². The van der Waals surface area contributed by atoms with Gasteiger partial charge in [-0.1, -0.05) is 6.92 Å². The Morgan fingerprint density at radius 3 is 2.79 bits per heavy atom. The molecule has 0 aromatic carbocycles. The molecule has 0 saturated carbocycles. The lowest BCUT2D eigenvalue weighted by Crippen LogP contribution is -2.11. The second kappa shape index (κ2) is 6.68. The highest BCUT2D eigenvalue weighted by atomic mass is 32.1. The van der Waals surface area contributed by atoms with Gasteiger partial charge in [-0.2, -0.15) is 4.98 Å². The molecular formula is C13H20N4OS. The lowest BCUT2D eigenvalue weighted by atomic mass is 10.3. The first-order valence-corrected chi connectivity index (χ1v) is 7.37. The lowest BCUT2D eigenvalue weighted by molar-refractivity contribution is 0.210. The van der Waals surface area contributed by atoms with Crippen LogP contribution in [0, 0.1) is 0 Å². The Morgan fingerprint density at radius 2 is 2.11 bits per heavy atom. The molecule has 0 bridgehead atoms. The molecule has 2 rings (SSSR count). The highest BCUT2D eigenvalue weighted by molar-refractivity contribution is 7.18. The molecule has 0 saturated heterocycles. The number of thiophene rings is 1. The number of hydrogen-bond acceptors (Lipinski definition) is 6. The van der Waals surface area contributed by atoms with Gasteiger partial charge in [0.05, 0.1) is 12.0 Å². The van der Waals surface area contributed by atoms with E-state index in [1.54, 1.807) is 18.4 Å². The van der Waals surface area contributed by atoms with Crippen LogP contribution in [0.15, 0.2) is 6.07 Å². The molecule has 0 aliphatic heterocycles. The molecule has 0 aliphatic rings. The van der Waals surface area contributed by atoms with Gasteiger partial charge in [0.25, 0.3) is 0 Å². The predicted octanol–water partition coefficient (Wildman–Crippen LogP) is 2.74. The summed E-state index contributed by atoms with van der Waals surface area (Å²) < 4.78 is 5.06. The van der Waals surface area contributed by atoms with Crippen LogP contribution < -0.4 is 10.6 Å². The summed E-state index contributed by atoms with van der Waals surface area (Å²) >= 11 is 1.73. The zero-order valence-electron chi connectivity index (χ0n) is 11.6. The van der Waals surface area contributed by atoms with Crippen LogP contribution in [0.5, 0.6) is 0 Å². The highest BCUT2D eigenvalue weighted by Gasteiger charge is 2.10. The van der Waals surface area contributed by atoms with E-state index in [2.05, 4.69) is 33.6 Å². The lowest BCUT2D eigenvalue weighted by Gasteiger charge is -2.08. The van der Waals surface area contributed by atoms with Crippen molar-refractivity contribution in [1.82, 2.24) is 9.97 Å². The third kappa shape index (κ3) is 3.33. The second-order valence-corrected chi connectivity index (χ2v) is 5.25. The van der Waals surface area contributed by atoms with Crippen molar-refractivity contribution in [1.29, 1.82) is 0 Å². The van der Waals surface area contributed by atoms with E-state index in [1.165, 1.54) is 4.88 Å². The molecule has 0 amide bonds. The first kappa shape index (κ1) is 14.0. The van der Waals surface area contributed by atoms with Crippen molar-refractivity contribution >= 4 is 33.3 Å². The first-order valence-electron chi connectivity index (χ1n) is 6.55. The van der Waals surface area contributed by atoms with Gasteiger partial charge in [0.2, 0.25) is 5.95 Å². The summed E-state index contributed by atoms with van der Waals surface area (Å²) in [5, 5.41) is 7.58. The van der Waals surface area contributed by atoms with Gasteiger partial charge >= 0.3 is 0 Å². The molecule has 0 radical (unpaired) electrons. The van der Waals surface area contributed by atoms with Crippen LogP contribution in [0.1, 0.15) is 18.7 Å². The molecule has 0 atom stereocenters. The SMILES string of the molecule is CCNc1nc(NCCOC)c2cc(CC)sc2n1. The summed E-state index contributed by atoms with van der Waals surface area (Å²) in [5.41, 5.74) is 0. The van der Waals surface area contributed by atoms with Crippen LogP contribution >= 0.6 is 11.3 Å². The molecule has 0 fully saturated rings. The number of nitrogens with zero attached hydrogens (tertiary/aromatic N) is 2. The average Bonchev–Trinajstić information content (AvgIpc) is 2.82. The van der Waals surface area contributed by atoms with Gasteiger partial charge in [-0.3, -0.25) is 0 Å². The minimum atomic E-state index is 0.660. The van der Waals surface area contributed by atoms with Gasteiger partial charge < -0.3 is 15.4 Å². The molecule has 104 valence electrons. The van der Waals surface area contributed by atoms with E-state index in [0.717, 1.165) is 35.5 Å². The van der Waals surface area contributed by atoms with E-state index < -0.39 is 0 Å². The van der Waals surface area contributed by atoms with E-state index in [4.69, 9.17) is 4.74 Å². The van der Waals surface area contributed by atoms with Crippen LogP contribution in [-0.4, -0.2) is 36.8 Å². The monoisotopic (exact) mass is 280 g/mol. The van der Waals surface area contributed by atoms with Gasteiger partial charge in [-0.05, 0) is 19.4 Å². The molecule has 2 heterocycles. The van der Waals surface area contributed by atoms with Crippen molar-refractivity contribution in [3.8, 4) is 0 Å². The number of aryl methyl sites for hydroxylation is 1. The number of nitrogens with one attached hydrogen (secondary N) is 2. The van der Waals surface area contributed by atoms with Crippen molar-refractivity contribution in [2.75, 3.05) is 37.4 Å². The largest absolute Gasteiger partial charge is 0.383 e. The van der Waals surface area contributed by atoms with Crippen molar-refractivity contribution in [2.45, 2.75) is 20.3 Å². The normalized spacial score (nSPS) is 10.9. The molecule has 6 heteroatoms. The highest BCUT2D eigenvalue weighted by Crippen LogP contribution is 2.30. The number of ether oxygens (including phenoxy) is 1. The summed E-state index contributed by atoms with van der Waals surface area (Å²) in [6, 6.07) is 2.17. The van der Waals surface area contributed by atoms with Crippen molar-refractivity contribution < 1.29 is 4.74 Å². The van der Waals surface area contributed by atoms with E-state index in [1.807, 2.05) is 6.92 Å². The third-order valence-electron chi connectivity index (χ3n) is 2.73.